The van der Waals surface area contributed by atoms with Crippen LogP contribution in [-0.2, 0) is 4.79 Å². The van der Waals surface area contributed by atoms with Crippen LogP contribution in [0.3, 0.4) is 0 Å². The summed E-state index contributed by atoms with van der Waals surface area (Å²) in [6.07, 6.45) is 0.375. The van der Waals surface area contributed by atoms with E-state index in [0.29, 0.717) is 0 Å². The highest BCUT2D eigenvalue weighted by molar-refractivity contribution is 6.31. The first kappa shape index (κ1) is 16.9. The molecular formula is C13H15ClN2O5. The summed E-state index contributed by atoms with van der Waals surface area (Å²) < 4.78 is 0. The fraction of sp³-hybridized carbons (Fsp3) is 0.385. The Kier molecular flexibility index (Phi) is 5.26. The third-order valence-corrected chi connectivity index (χ3v) is 3.54. The van der Waals surface area contributed by atoms with Gasteiger partial charge in [-0.1, -0.05) is 25.4 Å². The standard InChI is InChI=1S/C13H15ClN2O5/c1-3-13(4-2,12(18)19)15-11(17)8-5-9(14)7-10(6-8)16(20)21/h5-7H,3-4H2,1-2H3,(H,15,17)(H,18,19). The number of carboxylic acids is 1. The Hall–Kier alpha value is -2.15. The van der Waals surface area contributed by atoms with E-state index in [1.54, 1.807) is 13.8 Å². The van der Waals surface area contributed by atoms with Crippen LogP contribution < -0.4 is 5.32 Å². The van der Waals surface area contributed by atoms with E-state index in [-0.39, 0.29) is 29.1 Å². The van der Waals surface area contributed by atoms with Crippen LogP contribution in [0.15, 0.2) is 18.2 Å². The summed E-state index contributed by atoms with van der Waals surface area (Å²) in [5.74, 6) is -1.87. The SMILES string of the molecule is CCC(CC)(NC(=O)c1cc(Cl)cc([N+](=O)[O-])c1)C(=O)O. The molecule has 1 amide bonds. The largest absolute Gasteiger partial charge is 0.480 e. The zero-order chi connectivity index (χ0) is 16.2. The number of nitro groups is 1. The molecule has 0 heterocycles. The first-order valence-electron chi connectivity index (χ1n) is 6.26. The number of nitrogens with one attached hydrogen (secondary N) is 1. The maximum absolute atomic E-state index is 12.2. The molecular weight excluding hydrogens is 300 g/mol. The van der Waals surface area contributed by atoms with Gasteiger partial charge in [-0.3, -0.25) is 14.9 Å². The number of halogens is 1. The van der Waals surface area contributed by atoms with Gasteiger partial charge in [0, 0.05) is 22.7 Å². The number of carboxylic acid groups (broad SMARTS) is 1. The van der Waals surface area contributed by atoms with Crippen LogP contribution in [0.5, 0.6) is 0 Å². The van der Waals surface area contributed by atoms with E-state index in [0.717, 1.165) is 12.1 Å². The summed E-state index contributed by atoms with van der Waals surface area (Å²) >= 11 is 5.74. The van der Waals surface area contributed by atoms with Crippen LogP contribution in [-0.4, -0.2) is 27.4 Å². The first-order chi connectivity index (χ1) is 9.75. The van der Waals surface area contributed by atoms with E-state index < -0.39 is 22.3 Å². The number of benzene rings is 1. The Morgan fingerprint density at radius 1 is 1.33 bits per heavy atom. The molecule has 0 bridgehead atoms. The zero-order valence-corrected chi connectivity index (χ0v) is 12.3. The van der Waals surface area contributed by atoms with Crippen molar-refractivity contribution in [2.75, 3.05) is 0 Å². The van der Waals surface area contributed by atoms with E-state index in [1.165, 1.54) is 6.07 Å². The number of rotatable bonds is 6. The van der Waals surface area contributed by atoms with Crippen molar-refractivity contribution < 1.29 is 19.6 Å². The van der Waals surface area contributed by atoms with Crippen molar-refractivity contribution in [3.63, 3.8) is 0 Å². The molecule has 0 aromatic heterocycles. The van der Waals surface area contributed by atoms with Gasteiger partial charge in [-0.15, -0.1) is 0 Å². The topological polar surface area (TPSA) is 110 Å². The molecule has 8 heteroatoms. The average molecular weight is 315 g/mol. The summed E-state index contributed by atoms with van der Waals surface area (Å²) in [6.45, 7) is 3.27. The van der Waals surface area contributed by atoms with Gasteiger partial charge in [0.2, 0.25) is 0 Å². The molecule has 21 heavy (non-hydrogen) atoms. The monoisotopic (exact) mass is 314 g/mol. The van der Waals surface area contributed by atoms with Crippen molar-refractivity contribution in [2.45, 2.75) is 32.2 Å². The number of hydrogen-bond acceptors (Lipinski definition) is 4. The second kappa shape index (κ2) is 6.53. The number of amides is 1. The highest BCUT2D eigenvalue weighted by Gasteiger charge is 2.36. The summed E-state index contributed by atoms with van der Waals surface area (Å²) in [7, 11) is 0. The summed E-state index contributed by atoms with van der Waals surface area (Å²) in [6, 6.07) is 3.42. The number of non-ortho nitro benzene ring substituents is 1. The Balaban J connectivity index is 3.14. The highest BCUT2D eigenvalue weighted by Crippen LogP contribution is 2.22. The Morgan fingerprint density at radius 2 is 1.90 bits per heavy atom. The van der Waals surface area contributed by atoms with Crippen molar-refractivity contribution in [2.24, 2.45) is 0 Å². The average Bonchev–Trinajstić information content (AvgIpc) is 2.43. The van der Waals surface area contributed by atoms with Crippen LogP contribution in [0.1, 0.15) is 37.0 Å². The third kappa shape index (κ3) is 3.69. The molecule has 0 fully saturated rings. The molecule has 1 rings (SSSR count). The van der Waals surface area contributed by atoms with Gasteiger partial charge in [0.15, 0.2) is 0 Å². The lowest BCUT2D eigenvalue weighted by Gasteiger charge is -2.28. The van der Waals surface area contributed by atoms with E-state index in [1.807, 2.05) is 0 Å². The number of nitrogens with zero attached hydrogens (tertiary/aromatic N) is 1. The van der Waals surface area contributed by atoms with E-state index in [4.69, 9.17) is 11.6 Å². The summed E-state index contributed by atoms with van der Waals surface area (Å²) in [4.78, 5) is 33.6. The molecule has 0 aliphatic carbocycles. The zero-order valence-electron chi connectivity index (χ0n) is 11.6. The van der Waals surface area contributed by atoms with Crippen molar-refractivity contribution in [1.82, 2.24) is 5.32 Å². The second-order valence-corrected chi connectivity index (χ2v) is 4.94. The molecule has 0 saturated heterocycles. The predicted octanol–water partition coefficient (Wildman–Crippen LogP) is 2.62. The number of hydrogen-bond donors (Lipinski definition) is 2. The van der Waals surface area contributed by atoms with E-state index >= 15 is 0 Å². The minimum absolute atomic E-state index is 0.0308. The third-order valence-electron chi connectivity index (χ3n) is 3.32. The van der Waals surface area contributed by atoms with Gasteiger partial charge in [-0.2, -0.15) is 0 Å². The van der Waals surface area contributed by atoms with Crippen molar-refractivity contribution >= 4 is 29.2 Å². The minimum atomic E-state index is -1.41. The molecule has 114 valence electrons. The van der Waals surface area contributed by atoms with Gasteiger partial charge >= 0.3 is 5.97 Å². The molecule has 0 unspecified atom stereocenters. The van der Waals surface area contributed by atoms with E-state index in [9.17, 15) is 24.8 Å². The molecule has 0 radical (unpaired) electrons. The summed E-state index contributed by atoms with van der Waals surface area (Å²) in [5.41, 5.74) is -1.79. The number of carbonyl (C=O) groups is 2. The van der Waals surface area contributed by atoms with Crippen LogP contribution in [0.25, 0.3) is 0 Å². The molecule has 0 spiro atoms. The number of carbonyl (C=O) groups excluding carboxylic acids is 1. The second-order valence-electron chi connectivity index (χ2n) is 4.50. The summed E-state index contributed by atoms with van der Waals surface area (Å²) in [5, 5.41) is 22.5. The Bertz CT molecular complexity index is 584. The van der Waals surface area contributed by atoms with Gasteiger partial charge in [-0.05, 0) is 18.9 Å². The Morgan fingerprint density at radius 3 is 2.33 bits per heavy atom. The molecule has 1 aromatic carbocycles. The molecule has 0 saturated carbocycles. The van der Waals surface area contributed by atoms with Gasteiger partial charge in [0.05, 0.1) is 4.92 Å². The lowest BCUT2D eigenvalue weighted by Crippen LogP contribution is -2.53. The normalized spacial score (nSPS) is 11.0. The van der Waals surface area contributed by atoms with Crippen LogP contribution in [0, 0.1) is 10.1 Å². The number of nitro benzene ring substituents is 1. The van der Waals surface area contributed by atoms with Crippen molar-refractivity contribution in [3.8, 4) is 0 Å². The fourth-order valence-corrected chi connectivity index (χ4v) is 2.11. The van der Waals surface area contributed by atoms with Gasteiger partial charge < -0.3 is 10.4 Å². The molecule has 0 atom stereocenters. The van der Waals surface area contributed by atoms with Crippen molar-refractivity contribution in [1.29, 1.82) is 0 Å². The fourth-order valence-electron chi connectivity index (χ4n) is 1.88. The van der Waals surface area contributed by atoms with Crippen LogP contribution >= 0.6 is 11.6 Å². The van der Waals surface area contributed by atoms with Crippen LogP contribution in [0.4, 0.5) is 5.69 Å². The minimum Gasteiger partial charge on any atom is -0.480 e. The maximum Gasteiger partial charge on any atom is 0.329 e. The van der Waals surface area contributed by atoms with Crippen molar-refractivity contribution in [3.05, 3.63) is 38.9 Å². The number of aliphatic carboxylic acids is 1. The lowest BCUT2D eigenvalue weighted by atomic mass is 9.92. The lowest BCUT2D eigenvalue weighted by molar-refractivity contribution is -0.384. The van der Waals surface area contributed by atoms with Gasteiger partial charge in [-0.25, -0.2) is 4.79 Å². The first-order valence-corrected chi connectivity index (χ1v) is 6.64. The molecule has 2 N–H and O–H groups in total. The molecule has 0 aliphatic rings. The molecule has 1 aromatic rings. The predicted molar refractivity (Wildman–Crippen MR) is 76.5 cm³/mol. The van der Waals surface area contributed by atoms with Gasteiger partial charge in [0.25, 0.3) is 11.6 Å². The smallest absolute Gasteiger partial charge is 0.329 e. The quantitative estimate of drug-likeness (QED) is 0.619. The molecule has 0 aliphatic heterocycles. The van der Waals surface area contributed by atoms with Gasteiger partial charge in [0.1, 0.15) is 5.54 Å². The van der Waals surface area contributed by atoms with Crippen LogP contribution in [0.2, 0.25) is 5.02 Å². The maximum atomic E-state index is 12.2. The van der Waals surface area contributed by atoms with E-state index in [2.05, 4.69) is 5.32 Å². The molecule has 7 nitrogen and oxygen atoms in total. The highest BCUT2D eigenvalue weighted by atomic mass is 35.5. The Labute approximate surface area is 126 Å².